The molecule has 10 nitrogen and oxygen atoms in total. The number of benzene rings is 2. The van der Waals surface area contributed by atoms with Gasteiger partial charge in [-0.25, -0.2) is 9.97 Å². The summed E-state index contributed by atoms with van der Waals surface area (Å²) in [6.45, 7) is 4.31. The van der Waals surface area contributed by atoms with Crippen LogP contribution in [-0.4, -0.2) is 94.4 Å². The number of methoxy groups -OCH3 is 1. The van der Waals surface area contributed by atoms with Crippen LogP contribution in [0.2, 0.25) is 10.0 Å². The van der Waals surface area contributed by atoms with Crippen molar-refractivity contribution < 1.29 is 23.1 Å². The van der Waals surface area contributed by atoms with E-state index in [0.29, 0.717) is 89.1 Å². The maximum absolute atomic E-state index is 13.4. The monoisotopic (exact) mass is 709 g/mol. The van der Waals surface area contributed by atoms with Crippen LogP contribution in [0.4, 0.5) is 14.5 Å². The second kappa shape index (κ2) is 13.0. The van der Waals surface area contributed by atoms with E-state index in [4.69, 9.17) is 32.9 Å². The summed E-state index contributed by atoms with van der Waals surface area (Å²) in [6, 6.07) is 14.8. The third-order valence-corrected chi connectivity index (χ3v) is 10.5. The molecule has 0 unspecified atom stereocenters. The molecule has 2 aromatic carbocycles. The number of nitrogens with one attached hydrogen (secondary N) is 1. The molecule has 3 aliphatic rings. The minimum absolute atomic E-state index is 0.116. The number of anilines is 1. The van der Waals surface area contributed by atoms with Crippen molar-refractivity contribution in [3.05, 3.63) is 81.4 Å². The van der Waals surface area contributed by atoms with E-state index >= 15 is 0 Å². The Kier molecular flexibility index (Phi) is 8.85. The Morgan fingerprint density at radius 2 is 1.65 bits per heavy atom. The first-order chi connectivity index (χ1) is 23.5. The number of carbonyl (C=O) groups excluding carboxylic acids is 2. The van der Waals surface area contributed by atoms with Crippen LogP contribution < -0.4 is 10.1 Å². The fraction of sp³-hybridized carbons (Fsp3) is 0.371. The highest BCUT2D eigenvalue weighted by atomic mass is 35.5. The number of hydrogen-bond acceptors (Lipinski definition) is 7. The van der Waals surface area contributed by atoms with Crippen LogP contribution >= 0.6 is 23.2 Å². The zero-order chi connectivity index (χ0) is 34.6. The summed E-state index contributed by atoms with van der Waals surface area (Å²) >= 11 is 13.9. The molecule has 49 heavy (non-hydrogen) atoms. The second-order valence-electron chi connectivity index (χ2n) is 13.2. The highest BCUT2D eigenvalue weighted by Crippen LogP contribution is 2.43. The highest BCUT2D eigenvalue weighted by Gasteiger charge is 2.53. The van der Waals surface area contributed by atoms with Gasteiger partial charge in [0, 0.05) is 92.6 Å². The Bertz CT molecular complexity index is 1960. The van der Waals surface area contributed by atoms with Gasteiger partial charge in [0.25, 0.3) is 11.8 Å². The van der Waals surface area contributed by atoms with Crippen molar-refractivity contribution in [3.8, 4) is 28.3 Å². The summed E-state index contributed by atoms with van der Waals surface area (Å²) in [5, 5.41) is 3.72. The number of likely N-dealkylation sites (tertiary alicyclic amines) is 2. The van der Waals surface area contributed by atoms with Crippen molar-refractivity contribution in [2.45, 2.75) is 25.9 Å². The predicted molar refractivity (Wildman–Crippen MR) is 183 cm³/mol. The first-order valence-corrected chi connectivity index (χ1v) is 16.7. The van der Waals surface area contributed by atoms with E-state index in [1.807, 2.05) is 61.1 Å². The van der Waals surface area contributed by atoms with E-state index in [1.165, 1.54) is 4.90 Å². The van der Waals surface area contributed by atoms with E-state index in [2.05, 4.69) is 20.1 Å². The number of nitrogens with zero attached hydrogens (tertiary/aromatic N) is 6. The number of hydrogen-bond donors (Lipinski definition) is 1. The van der Waals surface area contributed by atoms with Crippen LogP contribution in [0.1, 0.15) is 27.6 Å². The molecule has 1 N–H and O–H groups in total. The summed E-state index contributed by atoms with van der Waals surface area (Å²) in [4.78, 5) is 39.9. The molecule has 2 saturated heterocycles. The van der Waals surface area contributed by atoms with Crippen LogP contribution in [0.3, 0.4) is 0 Å². The molecule has 5 heterocycles. The van der Waals surface area contributed by atoms with E-state index in [9.17, 15) is 18.4 Å². The summed E-state index contributed by atoms with van der Waals surface area (Å²) in [7, 11) is 5.45. The molecular formula is C35H35Cl2F2N7O3. The summed E-state index contributed by atoms with van der Waals surface area (Å²) < 4.78 is 33.0. The van der Waals surface area contributed by atoms with E-state index in [-0.39, 0.29) is 11.3 Å². The third kappa shape index (κ3) is 6.16. The van der Waals surface area contributed by atoms with Crippen LogP contribution in [0.5, 0.6) is 5.88 Å². The molecule has 256 valence electrons. The van der Waals surface area contributed by atoms with Crippen LogP contribution in [-0.2, 0) is 31.4 Å². The van der Waals surface area contributed by atoms with E-state index in [0.717, 1.165) is 29.9 Å². The Morgan fingerprint density at radius 1 is 0.959 bits per heavy atom. The Balaban J connectivity index is 1.07. The number of pyridine rings is 1. The smallest absolute Gasteiger partial charge is 0.315 e. The van der Waals surface area contributed by atoms with Crippen molar-refractivity contribution >= 4 is 40.7 Å². The Labute approximate surface area is 292 Å². The largest absolute Gasteiger partial charge is 0.481 e. The number of aromatic nitrogens is 3. The number of likely N-dealkylation sites (N-methyl/N-ethyl adjacent to an activating group) is 1. The number of ether oxygens (including phenoxy) is 1. The lowest BCUT2D eigenvalue weighted by Crippen LogP contribution is -2.73. The number of alkyl halides is 2. The van der Waals surface area contributed by atoms with Gasteiger partial charge in [-0.2, -0.15) is 8.78 Å². The van der Waals surface area contributed by atoms with Gasteiger partial charge >= 0.3 is 6.43 Å². The van der Waals surface area contributed by atoms with Gasteiger partial charge in [0.05, 0.1) is 34.2 Å². The van der Waals surface area contributed by atoms with Gasteiger partial charge in [-0.05, 0) is 19.2 Å². The SMILES string of the molecule is COc1nc(-c2cccc(-c3cccc(NC(=O)c4nc5c(n4C)CCN(C)C5)c3Cl)c2Cl)ccc1CN1CC2(C1)CN(C(=O)C(F)F)C2. The molecule has 1 spiro atoms. The molecular weight excluding hydrogens is 675 g/mol. The fourth-order valence-electron chi connectivity index (χ4n) is 7.24. The van der Waals surface area contributed by atoms with Crippen molar-refractivity contribution in [1.82, 2.24) is 29.2 Å². The lowest BCUT2D eigenvalue weighted by atomic mass is 9.72. The van der Waals surface area contributed by atoms with Crippen molar-refractivity contribution in [3.63, 3.8) is 0 Å². The molecule has 7 rings (SSSR count). The molecule has 0 saturated carbocycles. The topological polar surface area (TPSA) is 95.8 Å². The Morgan fingerprint density at radius 3 is 2.37 bits per heavy atom. The van der Waals surface area contributed by atoms with Gasteiger partial charge < -0.3 is 24.4 Å². The minimum atomic E-state index is -2.96. The van der Waals surface area contributed by atoms with Crippen molar-refractivity contribution in [2.24, 2.45) is 12.5 Å². The predicted octanol–water partition coefficient (Wildman–Crippen LogP) is 5.61. The van der Waals surface area contributed by atoms with Gasteiger partial charge in [-0.1, -0.05) is 59.6 Å². The maximum atomic E-state index is 13.4. The summed E-state index contributed by atoms with van der Waals surface area (Å²) in [5.41, 5.74) is 5.78. The molecule has 0 atom stereocenters. The third-order valence-electron chi connectivity index (χ3n) is 9.66. The van der Waals surface area contributed by atoms with Gasteiger partial charge in [0.15, 0.2) is 5.82 Å². The molecule has 14 heteroatoms. The number of fused-ring (bicyclic) bond motifs is 1. The van der Waals surface area contributed by atoms with E-state index < -0.39 is 12.3 Å². The number of rotatable bonds is 8. The number of amides is 2. The number of halogens is 4. The molecule has 0 bridgehead atoms. The molecule has 3 aliphatic heterocycles. The average Bonchev–Trinajstić information content (AvgIpc) is 3.37. The van der Waals surface area contributed by atoms with Crippen molar-refractivity contribution in [2.75, 3.05) is 52.2 Å². The minimum Gasteiger partial charge on any atom is -0.481 e. The zero-order valence-electron chi connectivity index (χ0n) is 27.3. The first-order valence-electron chi connectivity index (χ1n) is 15.9. The van der Waals surface area contributed by atoms with Crippen LogP contribution in [0.15, 0.2) is 48.5 Å². The average molecular weight is 711 g/mol. The van der Waals surface area contributed by atoms with Gasteiger partial charge in [0.2, 0.25) is 5.88 Å². The standard InChI is InChI=1S/C35H35Cl2F2N7O3/c1-43-13-12-27-26(15-43)40-31(44(27)2)32(47)41-25-9-5-7-22(29(25)37)21-6-4-8-23(28(21)36)24-11-10-20(33(42-24)49-3)14-45-16-35(17-45)18-46(19-35)34(48)30(38)39/h4-11,30H,12-19H2,1-3H3,(H,41,47). The van der Waals surface area contributed by atoms with Gasteiger partial charge in [0.1, 0.15) is 0 Å². The normalized spacial score (nSPS) is 17.1. The lowest BCUT2D eigenvalue weighted by molar-refractivity contribution is -0.170. The molecule has 4 aromatic rings. The molecule has 2 fully saturated rings. The number of carbonyl (C=O) groups is 2. The second-order valence-corrected chi connectivity index (χ2v) is 13.9. The molecule has 0 aliphatic carbocycles. The quantitative estimate of drug-likeness (QED) is 0.254. The molecule has 0 radical (unpaired) electrons. The zero-order valence-corrected chi connectivity index (χ0v) is 28.8. The Hall–Kier alpha value is -4.10. The molecule has 2 aromatic heterocycles. The van der Waals surface area contributed by atoms with Crippen molar-refractivity contribution in [1.29, 1.82) is 0 Å². The first kappa shape index (κ1) is 33.4. The highest BCUT2D eigenvalue weighted by molar-refractivity contribution is 6.39. The molecule has 2 amide bonds. The summed E-state index contributed by atoms with van der Waals surface area (Å²) in [6.07, 6.45) is -2.13. The maximum Gasteiger partial charge on any atom is 0.315 e. The van der Waals surface area contributed by atoms with Gasteiger partial charge in [-0.15, -0.1) is 0 Å². The van der Waals surface area contributed by atoms with E-state index in [1.54, 1.807) is 13.2 Å². The van der Waals surface area contributed by atoms with Crippen LogP contribution in [0, 0.1) is 5.41 Å². The lowest BCUT2D eigenvalue weighted by Gasteiger charge is -2.60. The van der Waals surface area contributed by atoms with Crippen LogP contribution in [0.25, 0.3) is 22.4 Å². The fourth-order valence-corrected chi connectivity index (χ4v) is 7.84. The number of imidazole rings is 1. The van der Waals surface area contributed by atoms with Gasteiger partial charge in [-0.3, -0.25) is 14.5 Å². The summed E-state index contributed by atoms with van der Waals surface area (Å²) in [5.74, 6) is -0.662.